The molecule has 0 unspecified atom stereocenters. The maximum Gasteiger partial charge on any atom is 0.238 e. The predicted octanol–water partition coefficient (Wildman–Crippen LogP) is 3.10. The quantitative estimate of drug-likeness (QED) is 0.920. The second kappa shape index (κ2) is 8.18. The lowest BCUT2D eigenvalue weighted by Crippen LogP contribution is -2.36. The topological polar surface area (TPSA) is 32.3 Å². The molecule has 19 heavy (non-hydrogen) atoms. The van der Waals surface area contributed by atoms with E-state index in [0.717, 1.165) is 25.2 Å². The zero-order valence-corrected chi connectivity index (χ0v) is 12.3. The lowest BCUT2D eigenvalue weighted by Gasteiger charge is -2.25. The molecule has 1 heterocycles. The van der Waals surface area contributed by atoms with Crippen LogP contribution in [0.2, 0.25) is 0 Å². The van der Waals surface area contributed by atoms with Crippen LogP contribution >= 0.6 is 12.4 Å². The van der Waals surface area contributed by atoms with Crippen LogP contribution in [-0.2, 0) is 11.2 Å². The fourth-order valence-corrected chi connectivity index (χ4v) is 2.46. The average Bonchev–Trinajstić information content (AvgIpc) is 2.40. The number of nitrogens with one attached hydrogen (secondary N) is 1. The van der Waals surface area contributed by atoms with Gasteiger partial charge >= 0.3 is 0 Å². The number of nitrogens with zero attached hydrogens (tertiary/aromatic N) is 1. The van der Waals surface area contributed by atoms with E-state index in [1.54, 1.807) is 0 Å². The molecule has 1 saturated heterocycles. The Morgan fingerprint density at radius 2 is 1.89 bits per heavy atom. The second-order valence-electron chi connectivity index (χ2n) is 4.90. The van der Waals surface area contributed by atoms with E-state index < -0.39 is 0 Å². The van der Waals surface area contributed by atoms with Crippen LogP contribution in [-0.4, -0.2) is 30.4 Å². The first kappa shape index (κ1) is 16.0. The number of carbonyl (C=O) groups excluding carboxylic acids is 1. The fourth-order valence-electron chi connectivity index (χ4n) is 2.46. The van der Waals surface area contributed by atoms with Crippen molar-refractivity contribution in [2.24, 2.45) is 0 Å². The maximum absolute atomic E-state index is 12.0. The zero-order valence-electron chi connectivity index (χ0n) is 11.5. The van der Waals surface area contributed by atoms with Crippen LogP contribution in [0.25, 0.3) is 0 Å². The molecule has 0 spiro atoms. The third kappa shape index (κ3) is 4.84. The van der Waals surface area contributed by atoms with Gasteiger partial charge in [-0.2, -0.15) is 0 Å². The molecule has 0 aliphatic carbocycles. The van der Waals surface area contributed by atoms with Crippen molar-refractivity contribution >= 4 is 24.0 Å². The van der Waals surface area contributed by atoms with Gasteiger partial charge in [0.25, 0.3) is 0 Å². The Hall–Kier alpha value is -1.06. The van der Waals surface area contributed by atoms with E-state index >= 15 is 0 Å². The molecule has 0 aromatic heterocycles. The van der Waals surface area contributed by atoms with E-state index in [4.69, 9.17) is 0 Å². The molecule has 0 bridgehead atoms. The van der Waals surface area contributed by atoms with Crippen LogP contribution in [0.3, 0.4) is 0 Å². The van der Waals surface area contributed by atoms with Gasteiger partial charge in [-0.1, -0.05) is 31.5 Å². The molecule has 1 aromatic rings. The number of halogens is 1. The molecule has 1 aliphatic heterocycles. The highest BCUT2D eigenvalue weighted by atomic mass is 35.5. The summed E-state index contributed by atoms with van der Waals surface area (Å²) in [6, 6.07) is 8.03. The lowest BCUT2D eigenvalue weighted by molar-refractivity contribution is -0.117. The van der Waals surface area contributed by atoms with Crippen LogP contribution in [0.15, 0.2) is 24.3 Å². The molecule has 1 aromatic carbocycles. The number of rotatable bonds is 4. The summed E-state index contributed by atoms with van der Waals surface area (Å²) >= 11 is 0. The van der Waals surface area contributed by atoms with Gasteiger partial charge < -0.3 is 5.32 Å². The number of amides is 1. The number of carbonyl (C=O) groups is 1. The first-order valence-corrected chi connectivity index (χ1v) is 6.89. The summed E-state index contributed by atoms with van der Waals surface area (Å²) in [7, 11) is 0. The van der Waals surface area contributed by atoms with Gasteiger partial charge in [-0.3, -0.25) is 9.69 Å². The Kier molecular flexibility index (Phi) is 6.89. The van der Waals surface area contributed by atoms with Crippen molar-refractivity contribution in [3.05, 3.63) is 29.8 Å². The monoisotopic (exact) mass is 282 g/mol. The van der Waals surface area contributed by atoms with Crippen molar-refractivity contribution in [3.8, 4) is 0 Å². The van der Waals surface area contributed by atoms with Crippen molar-refractivity contribution in [3.63, 3.8) is 0 Å². The predicted molar refractivity (Wildman–Crippen MR) is 82.0 cm³/mol. The van der Waals surface area contributed by atoms with Crippen LogP contribution in [0.4, 0.5) is 5.69 Å². The molecule has 0 saturated carbocycles. The Bertz CT molecular complexity index is 403. The number of likely N-dealkylation sites (tertiary alicyclic amines) is 1. The minimum absolute atomic E-state index is 0. The molecule has 1 amide bonds. The summed E-state index contributed by atoms with van der Waals surface area (Å²) in [5.74, 6) is 0.109. The van der Waals surface area contributed by atoms with Crippen LogP contribution in [0.1, 0.15) is 31.7 Å². The minimum Gasteiger partial charge on any atom is -0.325 e. The third-order valence-electron chi connectivity index (χ3n) is 3.49. The smallest absolute Gasteiger partial charge is 0.238 e. The average molecular weight is 283 g/mol. The number of benzene rings is 1. The van der Waals surface area contributed by atoms with Crippen LogP contribution in [0, 0.1) is 0 Å². The van der Waals surface area contributed by atoms with Gasteiger partial charge in [0.15, 0.2) is 0 Å². The second-order valence-corrected chi connectivity index (χ2v) is 4.90. The summed E-state index contributed by atoms with van der Waals surface area (Å²) in [6.07, 6.45) is 4.69. The van der Waals surface area contributed by atoms with E-state index in [1.807, 2.05) is 18.2 Å². The Labute approximate surface area is 121 Å². The van der Waals surface area contributed by atoms with Gasteiger partial charge in [-0.15, -0.1) is 12.4 Å². The number of hydrogen-bond acceptors (Lipinski definition) is 2. The van der Waals surface area contributed by atoms with Crippen LogP contribution in [0.5, 0.6) is 0 Å². The van der Waals surface area contributed by atoms with Crippen LogP contribution < -0.4 is 5.32 Å². The van der Waals surface area contributed by atoms with E-state index in [0.29, 0.717) is 6.54 Å². The Morgan fingerprint density at radius 3 is 2.58 bits per heavy atom. The standard InChI is InChI=1S/C15H22N2O.ClH/c1-2-13-8-4-5-9-14(13)16-15(18)12-17-10-6-3-7-11-17;/h4-5,8-9H,2-3,6-7,10-12H2,1H3,(H,16,18);1H. The first-order valence-electron chi connectivity index (χ1n) is 6.89. The normalized spacial score (nSPS) is 15.6. The largest absolute Gasteiger partial charge is 0.325 e. The van der Waals surface area contributed by atoms with E-state index in [1.165, 1.54) is 24.8 Å². The fraction of sp³-hybridized carbons (Fsp3) is 0.533. The van der Waals surface area contributed by atoms with Crippen molar-refractivity contribution in [1.29, 1.82) is 0 Å². The van der Waals surface area contributed by atoms with Gasteiger partial charge in [0.05, 0.1) is 6.54 Å². The van der Waals surface area contributed by atoms with Crippen molar-refractivity contribution in [2.45, 2.75) is 32.6 Å². The van der Waals surface area contributed by atoms with Crippen molar-refractivity contribution < 1.29 is 4.79 Å². The summed E-state index contributed by atoms with van der Waals surface area (Å²) in [4.78, 5) is 14.2. The summed E-state index contributed by atoms with van der Waals surface area (Å²) < 4.78 is 0. The van der Waals surface area contributed by atoms with Gasteiger partial charge in [0.1, 0.15) is 0 Å². The zero-order chi connectivity index (χ0) is 12.8. The summed E-state index contributed by atoms with van der Waals surface area (Å²) in [5, 5.41) is 3.03. The lowest BCUT2D eigenvalue weighted by atomic mass is 10.1. The van der Waals surface area contributed by atoms with E-state index in [9.17, 15) is 4.79 Å². The van der Waals surface area contributed by atoms with Crippen molar-refractivity contribution in [1.82, 2.24) is 4.90 Å². The Balaban J connectivity index is 0.00000180. The van der Waals surface area contributed by atoms with Gasteiger partial charge in [0, 0.05) is 5.69 Å². The van der Waals surface area contributed by atoms with E-state index in [-0.39, 0.29) is 18.3 Å². The maximum atomic E-state index is 12.0. The molecule has 0 atom stereocenters. The highest BCUT2D eigenvalue weighted by Gasteiger charge is 2.14. The first-order chi connectivity index (χ1) is 8.79. The number of hydrogen-bond donors (Lipinski definition) is 1. The molecule has 1 N–H and O–H groups in total. The molecule has 1 fully saturated rings. The SMILES string of the molecule is CCc1ccccc1NC(=O)CN1CCCCC1.Cl. The molecule has 106 valence electrons. The number of aryl methyl sites for hydroxylation is 1. The van der Waals surface area contributed by atoms with E-state index in [2.05, 4.69) is 23.2 Å². The summed E-state index contributed by atoms with van der Waals surface area (Å²) in [5.41, 5.74) is 2.16. The molecule has 4 heteroatoms. The highest BCUT2D eigenvalue weighted by Crippen LogP contribution is 2.15. The van der Waals surface area contributed by atoms with Gasteiger partial charge in [0.2, 0.25) is 5.91 Å². The summed E-state index contributed by atoms with van der Waals surface area (Å²) in [6.45, 7) is 4.75. The van der Waals surface area contributed by atoms with Gasteiger partial charge in [-0.05, 0) is 44.0 Å². The minimum atomic E-state index is 0. The molecule has 3 nitrogen and oxygen atoms in total. The van der Waals surface area contributed by atoms with Crippen molar-refractivity contribution in [2.75, 3.05) is 25.0 Å². The number of piperidine rings is 1. The Morgan fingerprint density at radius 1 is 1.21 bits per heavy atom. The number of anilines is 1. The highest BCUT2D eigenvalue weighted by molar-refractivity contribution is 5.93. The molecule has 0 radical (unpaired) electrons. The molecule has 1 aliphatic rings. The molecular weight excluding hydrogens is 260 g/mol. The molecule has 2 rings (SSSR count). The third-order valence-corrected chi connectivity index (χ3v) is 3.49. The molecular formula is C15H23ClN2O. The van der Waals surface area contributed by atoms with Gasteiger partial charge in [-0.25, -0.2) is 0 Å². The number of para-hydroxylation sites is 1.